The number of benzene rings is 1. The van der Waals surface area contributed by atoms with E-state index < -0.39 is 0 Å². The van der Waals surface area contributed by atoms with E-state index in [4.69, 9.17) is 11.6 Å². The fourth-order valence-corrected chi connectivity index (χ4v) is 2.98. The summed E-state index contributed by atoms with van der Waals surface area (Å²) in [6.45, 7) is 7.01. The second kappa shape index (κ2) is 7.36. The number of aromatic nitrogens is 4. The molecule has 1 aromatic carbocycles. The van der Waals surface area contributed by atoms with Gasteiger partial charge in [-0.1, -0.05) is 17.7 Å². The Hall–Kier alpha value is -2.93. The number of amides is 1. The first kappa shape index (κ1) is 18.8. The van der Waals surface area contributed by atoms with Gasteiger partial charge in [-0.25, -0.2) is 9.67 Å². The molecule has 0 saturated carbocycles. The number of aryl methyl sites for hydroxylation is 3. The minimum Gasteiger partial charge on any atom is -0.324 e. The van der Waals surface area contributed by atoms with Crippen molar-refractivity contribution >= 4 is 23.2 Å². The summed E-state index contributed by atoms with van der Waals surface area (Å²) in [5.74, 6) is -0.0397. The number of halogens is 1. The Bertz CT molecular complexity index is 1080. The van der Waals surface area contributed by atoms with Crippen LogP contribution in [0.25, 0.3) is 5.95 Å². The van der Waals surface area contributed by atoms with Gasteiger partial charge in [0.1, 0.15) is 6.54 Å². The molecule has 0 fully saturated rings. The Kier molecular flexibility index (Phi) is 5.14. The largest absolute Gasteiger partial charge is 0.324 e. The Morgan fingerprint density at radius 3 is 2.56 bits per heavy atom. The van der Waals surface area contributed by atoms with Crippen molar-refractivity contribution < 1.29 is 4.79 Å². The highest BCUT2D eigenvalue weighted by Crippen LogP contribution is 2.15. The molecule has 0 aliphatic heterocycles. The third-order valence-corrected chi connectivity index (χ3v) is 4.46. The van der Waals surface area contributed by atoms with Gasteiger partial charge < -0.3 is 5.32 Å². The normalized spacial score (nSPS) is 10.9. The van der Waals surface area contributed by atoms with Crippen LogP contribution < -0.4 is 10.9 Å². The van der Waals surface area contributed by atoms with Crippen molar-refractivity contribution in [3.63, 3.8) is 0 Å². The highest BCUT2D eigenvalue weighted by atomic mass is 35.5. The van der Waals surface area contributed by atoms with Gasteiger partial charge in [0.15, 0.2) is 0 Å². The van der Waals surface area contributed by atoms with E-state index in [1.54, 1.807) is 42.8 Å². The minimum absolute atomic E-state index is 0.187. The number of nitrogens with zero attached hydrogens (tertiary/aromatic N) is 4. The summed E-state index contributed by atoms with van der Waals surface area (Å²) in [6.07, 6.45) is 0. The predicted octanol–water partition coefficient (Wildman–Crippen LogP) is 2.95. The summed E-state index contributed by atoms with van der Waals surface area (Å²) in [6, 6.07) is 8.71. The molecule has 27 heavy (non-hydrogen) atoms. The van der Waals surface area contributed by atoms with Gasteiger partial charge in [-0.2, -0.15) is 5.10 Å². The van der Waals surface area contributed by atoms with Gasteiger partial charge in [-0.3, -0.25) is 14.2 Å². The SMILES string of the molecule is Cc1cc(C)n(-c2nc(C)c(C)c(=O)n2CC(=O)Nc2cccc(Cl)c2)n1. The van der Waals surface area contributed by atoms with E-state index in [9.17, 15) is 9.59 Å². The van der Waals surface area contributed by atoms with Crippen LogP contribution in [0.5, 0.6) is 0 Å². The quantitative estimate of drug-likeness (QED) is 0.748. The second-order valence-electron chi connectivity index (χ2n) is 6.41. The number of carbonyl (C=O) groups is 1. The molecule has 2 aromatic heterocycles. The molecule has 3 rings (SSSR count). The van der Waals surface area contributed by atoms with Crippen molar-refractivity contribution in [3.8, 4) is 5.95 Å². The van der Waals surface area contributed by atoms with Crippen LogP contribution in [-0.4, -0.2) is 25.2 Å². The van der Waals surface area contributed by atoms with Crippen LogP contribution in [0, 0.1) is 27.7 Å². The fraction of sp³-hybridized carbons (Fsp3) is 0.263. The van der Waals surface area contributed by atoms with Crippen LogP contribution in [0.3, 0.4) is 0 Å². The summed E-state index contributed by atoms with van der Waals surface area (Å²) in [4.78, 5) is 29.9. The molecule has 3 aromatic rings. The first-order chi connectivity index (χ1) is 12.8. The van der Waals surface area contributed by atoms with Gasteiger partial charge in [0.25, 0.3) is 5.56 Å². The van der Waals surface area contributed by atoms with Crippen molar-refractivity contribution in [1.29, 1.82) is 0 Å². The van der Waals surface area contributed by atoms with E-state index >= 15 is 0 Å². The van der Waals surface area contributed by atoms with Crippen molar-refractivity contribution in [2.45, 2.75) is 34.2 Å². The first-order valence-corrected chi connectivity index (χ1v) is 8.81. The highest BCUT2D eigenvalue weighted by Gasteiger charge is 2.18. The smallest absolute Gasteiger partial charge is 0.258 e. The zero-order valence-corrected chi connectivity index (χ0v) is 16.3. The van der Waals surface area contributed by atoms with Crippen LogP contribution in [0.2, 0.25) is 5.02 Å². The molecule has 0 aliphatic carbocycles. The first-order valence-electron chi connectivity index (χ1n) is 8.43. The van der Waals surface area contributed by atoms with E-state index in [1.807, 2.05) is 19.9 Å². The lowest BCUT2D eigenvalue weighted by atomic mass is 10.2. The number of anilines is 1. The van der Waals surface area contributed by atoms with Gasteiger partial charge in [0, 0.05) is 27.7 Å². The third kappa shape index (κ3) is 3.93. The minimum atomic E-state index is -0.354. The zero-order chi connectivity index (χ0) is 19.7. The maximum Gasteiger partial charge on any atom is 0.258 e. The lowest BCUT2D eigenvalue weighted by Gasteiger charge is -2.15. The summed E-state index contributed by atoms with van der Waals surface area (Å²) < 4.78 is 2.91. The van der Waals surface area contributed by atoms with Gasteiger partial charge in [0.2, 0.25) is 11.9 Å². The summed E-state index contributed by atoms with van der Waals surface area (Å²) in [7, 11) is 0. The van der Waals surface area contributed by atoms with Crippen molar-refractivity contribution in [3.05, 3.63) is 68.4 Å². The van der Waals surface area contributed by atoms with E-state index in [1.165, 1.54) is 4.57 Å². The molecule has 1 amide bonds. The lowest BCUT2D eigenvalue weighted by molar-refractivity contribution is -0.116. The van der Waals surface area contributed by atoms with Crippen LogP contribution in [0.4, 0.5) is 5.69 Å². The molecule has 0 unspecified atom stereocenters. The molecule has 0 saturated heterocycles. The molecule has 140 valence electrons. The molecule has 2 heterocycles. The Morgan fingerprint density at radius 2 is 1.93 bits per heavy atom. The average molecular weight is 386 g/mol. The van der Waals surface area contributed by atoms with Crippen molar-refractivity contribution in [1.82, 2.24) is 19.3 Å². The maximum absolute atomic E-state index is 12.8. The van der Waals surface area contributed by atoms with Crippen LogP contribution in [0.15, 0.2) is 35.1 Å². The third-order valence-electron chi connectivity index (χ3n) is 4.23. The number of hydrogen-bond donors (Lipinski definition) is 1. The lowest BCUT2D eigenvalue weighted by Crippen LogP contribution is -2.33. The van der Waals surface area contributed by atoms with Crippen molar-refractivity contribution in [2.24, 2.45) is 0 Å². The van der Waals surface area contributed by atoms with Gasteiger partial charge in [-0.15, -0.1) is 0 Å². The number of hydrogen-bond acceptors (Lipinski definition) is 4. The van der Waals surface area contributed by atoms with Gasteiger partial charge >= 0.3 is 0 Å². The van der Waals surface area contributed by atoms with Crippen LogP contribution in [0.1, 0.15) is 22.6 Å². The van der Waals surface area contributed by atoms with E-state index in [0.717, 1.165) is 11.4 Å². The zero-order valence-electron chi connectivity index (χ0n) is 15.6. The van der Waals surface area contributed by atoms with Crippen LogP contribution >= 0.6 is 11.6 Å². The molecule has 0 bridgehead atoms. The Labute approximate surface area is 161 Å². The monoisotopic (exact) mass is 385 g/mol. The molecule has 0 spiro atoms. The Morgan fingerprint density at radius 1 is 1.19 bits per heavy atom. The number of carbonyl (C=O) groups excluding carboxylic acids is 1. The second-order valence-corrected chi connectivity index (χ2v) is 6.85. The molecule has 0 radical (unpaired) electrons. The summed E-state index contributed by atoms with van der Waals surface area (Å²) in [5, 5.41) is 7.67. The molecule has 1 N–H and O–H groups in total. The summed E-state index contributed by atoms with van der Waals surface area (Å²) in [5.41, 5.74) is 3.02. The van der Waals surface area contributed by atoms with Gasteiger partial charge in [-0.05, 0) is 52.0 Å². The standard InChI is InChI=1S/C19H20ClN5O2/c1-11-8-12(2)25(23-11)19-21-14(4)13(3)18(27)24(19)10-17(26)22-16-7-5-6-15(20)9-16/h5-9H,10H2,1-4H3,(H,22,26). The number of nitrogens with one attached hydrogen (secondary N) is 1. The van der Waals surface area contributed by atoms with Gasteiger partial charge in [0.05, 0.1) is 5.69 Å². The van der Waals surface area contributed by atoms with Crippen molar-refractivity contribution in [2.75, 3.05) is 5.32 Å². The predicted molar refractivity (Wildman–Crippen MR) is 105 cm³/mol. The highest BCUT2D eigenvalue weighted by molar-refractivity contribution is 6.30. The van der Waals surface area contributed by atoms with E-state index in [2.05, 4.69) is 15.4 Å². The molecule has 8 heteroatoms. The topological polar surface area (TPSA) is 81.8 Å². The Balaban J connectivity index is 2.01. The average Bonchev–Trinajstić information content (AvgIpc) is 2.93. The van der Waals surface area contributed by atoms with Crippen LogP contribution in [-0.2, 0) is 11.3 Å². The summed E-state index contributed by atoms with van der Waals surface area (Å²) >= 11 is 5.95. The molecule has 7 nitrogen and oxygen atoms in total. The van der Waals surface area contributed by atoms with E-state index in [-0.39, 0.29) is 18.0 Å². The van der Waals surface area contributed by atoms with E-state index in [0.29, 0.717) is 27.9 Å². The maximum atomic E-state index is 12.8. The molecule has 0 atom stereocenters. The molecule has 0 aliphatic rings. The fourth-order valence-electron chi connectivity index (χ4n) is 2.79. The number of rotatable bonds is 4. The molecular formula is C19H20ClN5O2. The molecular weight excluding hydrogens is 366 g/mol.